The summed E-state index contributed by atoms with van der Waals surface area (Å²) >= 11 is 0. The highest BCUT2D eigenvalue weighted by Gasteiger charge is 2.17. The van der Waals surface area contributed by atoms with Gasteiger partial charge in [0.05, 0.1) is 7.11 Å². The molecule has 2 aromatic rings. The van der Waals surface area contributed by atoms with E-state index < -0.39 is 0 Å². The van der Waals surface area contributed by atoms with Gasteiger partial charge in [0.1, 0.15) is 5.75 Å². The van der Waals surface area contributed by atoms with Crippen molar-refractivity contribution in [3.8, 4) is 17.1 Å². The fraction of sp³-hybridized carbons (Fsp3) is 0.375. The van der Waals surface area contributed by atoms with Gasteiger partial charge in [0.2, 0.25) is 0 Å². The van der Waals surface area contributed by atoms with Gasteiger partial charge in [0.15, 0.2) is 5.82 Å². The Morgan fingerprint density at radius 2 is 1.85 bits per heavy atom. The highest BCUT2D eigenvalue weighted by atomic mass is 16.5. The Morgan fingerprint density at radius 3 is 2.55 bits per heavy atom. The van der Waals surface area contributed by atoms with Crippen LogP contribution in [0.3, 0.4) is 0 Å². The SMILES string of the molecule is COc1ccc(-c2nccc(C3CCNCC3)n2)cc1. The van der Waals surface area contributed by atoms with Crippen LogP contribution in [0.2, 0.25) is 0 Å². The van der Waals surface area contributed by atoms with E-state index in [-0.39, 0.29) is 0 Å². The molecule has 20 heavy (non-hydrogen) atoms. The molecule has 0 spiro atoms. The normalized spacial score (nSPS) is 16.1. The Kier molecular flexibility index (Phi) is 3.92. The summed E-state index contributed by atoms with van der Waals surface area (Å²) in [6, 6.07) is 9.93. The predicted molar refractivity (Wildman–Crippen MR) is 78.9 cm³/mol. The van der Waals surface area contributed by atoms with Gasteiger partial charge in [-0.2, -0.15) is 0 Å². The Labute approximate surface area is 119 Å². The fourth-order valence-electron chi connectivity index (χ4n) is 2.60. The second-order valence-corrected chi connectivity index (χ2v) is 5.06. The van der Waals surface area contributed by atoms with Crippen LogP contribution in [0.15, 0.2) is 36.5 Å². The smallest absolute Gasteiger partial charge is 0.159 e. The third-order valence-corrected chi connectivity index (χ3v) is 3.78. The summed E-state index contributed by atoms with van der Waals surface area (Å²) in [7, 11) is 1.67. The van der Waals surface area contributed by atoms with Gasteiger partial charge in [-0.25, -0.2) is 9.97 Å². The van der Waals surface area contributed by atoms with Crippen molar-refractivity contribution >= 4 is 0 Å². The van der Waals surface area contributed by atoms with Gasteiger partial charge in [-0.3, -0.25) is 0 Å². The maximum Gasteiger partial charge on any atom is 0.159 e. The molecule has 0 aliphatic carbocycles. The fourth-order valence-corrected chi connectivity index (χ4v) is 2.60. The molecule has 0 amide bonds. The summed E-state index contributed by atoms with van der Waals surface area (Å²) in [4.78, 5) is 9.13. The Bertz CT molecular complexity index is 562. The molecule has 1 N–H and O–H groups in total. The molecule has 4 nitrogen and oxygen atoms in total. The molecule has 1 aromatic heterocycles. The quantitative estimate of drug-likeness (QED) is 0.930. The van der Waals surface area contributed by atoms with Crippen LogP contribution in [-0.2, 0) is 0 Å². The summed E-state index contributed by atoms with van der Waals surface area (Å²) in [5.41, 5.74) is 2.19. The van der Waals surface area contributed by atoms with Gasteiger partial charge in [-0.15, -0.1) is 0 Å². The Morgan fingerprint density at radius 1 is 1.10 bits per heavy atom. The highest BCUT2D eigenvalue weighted by molar-refractivity contribution is 5.56. The van der Waals surface area contributed by atoms with Crippen LogP contribution in [0, 0.1) is 0 Å². The summed E-state index contributed by atoms with van der Waals surface area (Å²) in [6.45, 7) is 2.15. The molecule has 104 valence electrons. The topological polar surface area (TPSA) is 47.0 Å². The third-order valence-electron chi connectivity index (χ3n) is 3.78. The van der Waals surface area contributed by atoms with Crippen LogP contribution < -0.4 is 10.1 Å². The molecular weight excluding hydrogens is 250 g/mol. The van der Waals surface area contributed by atoms with Crippen molar-refractivity contribution in [3.63, 3.8) is 0 Å². The van der Waals surface area contributed by atoms with E-state index >= 15 is 0 Å². The molecule has 0 unspecified atom stereocenters. The average Bonchev–Trinajstić information content (AvgIpc) is 2.56. The van der Waals surface area contributed by atoms with Crippen LogP contribution in [0.1, 0.15) is 24.5 Å². The number of piperidine rings is 1. The molecule has 0 bridgehead atoms. The summed E-state index contributed by atoms with van der Waals surface area (Å²) in [5.74, 6) is 2.20. The number of hydrogen-bond donors (Lipinski definition) is 1. The van der Waals surface area contributed by atoms with Gasteiger partial charge < -0.3 is 10.1 Å². The average molecular weight is 269 g/mol. The lowest BCUT2D eigenvalue weighted by atomic mass is 9.94. The van der Waals surface area contributed by atoms with E-state index in [1.165, 1.54) is 0 Å². The molecule has 0 radical (unpaired) electrons. The van der Waals surface area contributed by atoms with E-state index in [2.05, 4.69) is 10.3 Å². The zero-order valence-electron chi connectivity index (χ0n) is 11.7. The molecule has 3 rings (SSSR count). The van der Waals surface area contributed by atoms with Crippen LogP contribution in [0.5, 0.6) is 5.75 Å². The summed E-state index contributed by atoms with van der Waals surface area (Å²) in [6.07, 6.45) is 4.17. The lowest BCUT2D eigenvalue weighted by Crippen LogP contribution is -2.27. The number of aromatic nitrogens is 2. The van der Waals surface area contributed by atoms with Gasteiger partial charge in [0, 0.05) is 23.4 Å². The first-order chi connectivity index (χ1) is 9.86. The molecular formula is C16H19N3O. The maximum atomic E-state index is 5.18. The Balaban J connectivity index is 1.85. The molecule has 1 saturated heterocycles. The first-order valence-electron chi connectivity index (χ1n) is 7.05. The number of rotatable bonds is 3. The first kappa shape index (κ1) is 13.1. The summed E-state index contributed by atoms with van der Waals surface area (Å²) < 4.78 is 5.18. The monoisotopic (exact) mass is 269 g/mol. The van der Waals surface area contributed by atoms with E-state index in [9.17, 15) is 0 Å². The lowest BCUT2D eigenvalue weighted by molar-refractivity contribution is 0.415. The van der Waals surface area contributed by atoms with Gasteiger partial charge in [-0.1, -0.05) is 0 Å². The minimum atomic E-state index is 0.552. The maximum absolute atomic E-state index is 5.18. The van der Waals surface area contributed by atoms with Gasteiger partial charge >= 0.3 is 0 Å². The van der Waals surface area contributed by atoms with Crippen molar-refractivity contribution < 1.29 is 4.74 Å². The van der Waals surface area contributed by atoms with Crippen LogP contribution >= 0.6 is 0 Å². The van der Waals surface area contributed by atoms with E-state index in [4.69, 9.17) is 9.72 Å². The molecule has 1 aliphatic rings. The molecule has 0 atom stereocenters. The second-order valence-electron chi connectivity index (χ2n) is 5.06. The molecule has 0 saturated carbocycles. The zero-order chi connectivity index (χ0) is 13.8. The standard InChI is InChI=1S/C16H19N3O/c1-20-14-4-2-13(3-5-14)16-18-11-8-15(19-16)12-6-9-17-10-7-12/h2-5,8,11-12,17H,6-7,9-10H2,1H3. The van der Waals surface area contributed by atoms with Gasteiger partial charge in [0.25, 0.3) is 0 Å². The molecule has 1 aliphatic heterocycles. The summed E-state index contributed by atoms with van der Waals surface area (Å²) in [5, 5.41) is 3.39. The molecule has 1 aromatic carbocycles. The van der Waals surface area contributed by atoms with Crippen molar-refractivity contribution in [2.75, 3.05) is 20.2 Å². The second kappa shape index (κ2) is 6.01. The van der Waals surface area contributed by atoms with Crippen molar-refractivity contribution in [1.82, 2.24) is 15.3 Å². The van der Waals surface area contributed by atoms with Crippen molar-refractivity contribution in [2.45, 2.75) is 18.8 Å². The largest absolute Gasteiger partial charge is 0.497 e. The van der Waals surface area contributed by atoms with Gasteiger partial charge in [-0.05, 0) is 56.3 Å². The number of nitrogens with one attached hydrogen (secondary N) is 1. The first-order valence-corrected chi connectivity index (χ1v) is 7.05. The highest BCUT2D eigenvalue weighted by Crippen LogP contribution is 2.25. The Hall–Kier alpha value is -1.94. The number of benzene rings is 1. The van der Waals surface area contributed by atoms with E-state index in [1.807, 2.05) is 36.5 Å². The number of ether oxygens (including phenoxy) is 1. The van der Waals surface area contributed by atoms with Crippen LogP contribution in [0.4, 0.5) is 0 Å². The predicted octanol–water partition coefficient (Wildman–Crippen LogP) is 2.62. The third kappa shape index (κ3) is 2.80. The van der Waals surface area contributed by atoms with Crippen LogP contribution in [0.25, 0.3) is 11.4 Å². The zero-order valence-corrected chi connectivity index (χ0v) is 11.7. The number of methoxy groups -OCH3 is 1. The van der Waals surface area contributed by atoms with E-state index in [0.29, 0.717) is 5.92 Å². The van der Waals surface area contributed by atoms with Crippen molar-refractivity contribution in [1.29, 1.82) is 0 Å². The minimum absolute atomic E-state index is 0.552. The molecule has 1 fully saturated rings. The van der Waals surface area contributed by atoms with Crippen molar-refractivity contribution in [2.24, 2.45) is 0 Å². The lowest BCUT2D eigenvalue weighted by Gasteiger charge is -2.22. The number of hydrogen-bond acceptors (Lipinski definition) is 4. The van der Waals surface area contributed by atoms with Crippen molar-refractivity contribution in [3.05, 3.63) is 42.2 Å². The minimum Gasteiger partial charge on any atom is -0.497 e. The molecule has 4 heteroatoms. The molecule has 2 heterocycles. The van der Waals surface area contributed by atoms with E-state index in [1.54, 1.807) is 7.11 Å². The van der Waals surface area contributed by atoms with Crippen LogP contribution in [-0.4, -0.2) is 30.2 Å². The van der Waals surface area contributed by atoms with E-state index in [0.717, 1.165) is 48.8 Å². The number of nitrogens with zero attached hydrogens (tertiary/aromatic N) is 2.